The second-order valence-corrected chi connectivity index (χ2v) is 5.80. The number of amides is 1. The van der Waals surface area contributed by atoms with Crippen molar-refractivity contribution < 1.29 is 14.7 Å². The first-order valence-corrected chi connectivity index (χ1v) is 7.15. The van der Waals surface area contributed by atoms with Gasteiger partial charge in [0.1, 0.15) is 5.54 Å². The zero-order chi connectivity index (χ0) is 14.5. The molecule has 1 aliphatic rings. The molecule has 3 N–H and O–H groups in total. The molecular formula is C14H26N2O3. The van der Waals surface area contributed by atoms with Crippen molar-refractivity contribution in [2.45, 2.75) is 57.9 Å². The summed E-state index contributed by atoms with van der Waals surface area (Å²) < 4.78 is 0. The Bertz CT molecular complexity index is 333. The highest BCUT2D eigenvalue weighted by Crippen LogP contribution is 2.29. The van der Waals surface area contributed by atoms with E-state index in [-0.39, 0.29) is 5.91 Å². The minimum atomic E-state index is -1.02. The topological polar surface area (TPSA) is 83.6 Å². The predicted octanol–water partition coefficient (Wildman–Crippen LogP) is 1.61. The fraction of sp³-hybridized carbons (Fsp3) is 0.857. The van der Waals surface area contributed by atoms with E-state index in [9.17, 15) is 14.7 Å². The molecule has 0 saturated carbocycles. The molecule has 0 aliphatic carbocycles. The van der Waals surface area contributed by atoms with Crippen LogP contribution in [0.15, 0.2) is 0 Å². The van der Waals surface area contributed by atoms with E-state index < -0.39 is 11.5 Å². The number of piperidine rings is 1. The van der Waals surface area contributed by atoms with Crippen LogP contribution in [-0.2, 0) is 9.59 Å². The maximum absolute atomic E-state index is 12.3. The molecule has 1 saturated heterocycles. The van der Waals surface area contributed by atoms with E-state index >= 15 is 0 Å². The Labute approximate surface area is 115 Å². The molecule has 110 valence electrons. The molecule has 0 aromatic rings. The van der Waals surface area contributed by atoms with Crippen molar-refractivity contribution in [3.63, 3.8) is 0 Å². The zero-order valence-electron chi connectivity index (χ0n) is 12.0. The van der Waals surface area contributed by atoms with E-state index in [1.807, 2.05) is 0 Å². The number of carbonyl (C=O) groups is 2. The Morgan fingerprint density at radius 3 is 2.63 bits per heavy atom. The van der Waals surface area contributed by atoms with E-state index in [0.29, 0.717) is 31.8 Å². The van der Waals surface area contributed by atoms with Crippen LogP contribution in [0.25, 0.3) is 0 Å². The largest absolute Gasteiger partial charge is 0.480 e. The van der Waals surface area contributed by atoms with Crippen molar-refractivity contribution in [2.75, 3.05) is 13.1 Å². The van der Waals surface area contributed by atoms with Gasteiger partial charge in [-0.3, -0.25) is 4.79 Å². The van der Waals surface area contributed by atoms with E-state index in [2.05, 4.69) is 6.92 Å². The van der Waals surface area contributed by atoms with Crippen molar-refractivity contribution in [1.82, 2.24) is 4.90 Å². The van der Waals surface area contributed by atoms with Crippen molar-refractivity contribution in [1.29, 1.82) is 0 Å². The van der Waals surface area contributed by atoms with Gasteiger partial charge in [-0.2, -0.15) is 0 Å². The van der Waals surface area contributed by atoms with Crippen LogP contribution in [0.3, 0.4) is 0 Å². The number of nitrogens with two attached hydrogens (primary N) is 1. The average molecular weight is 270 g/mol. The normalized spacial score (nSPS) is 25.1. The number of carboxylic acids is 1. The molecule has 1 fully saturated rings. The van der Waals surface area contributed by atoms with Crippen LogP contribution >= 0.6 is 0 Å². The number of carbonyl (C=O) groups excluding carboxylic acids is 1. The molecule has 1 amide bonds. The molecule has 2 atom stereocenters. The van der Waals surface area contributed by atoms with E-state index in [0.717, 1.165) is 25.7 Å². The van der Waals surface area contributed by atoms with E-state index in [1.54, 1.807) is 11.8 Å². The molecule has 5 heteroatoms. The third-order valence-corrected chi connectivity index (χ3v) is 4.16. The summed E-state index contributed by atoms with van der Waals surface area (Å²) in [5.41, 5.74) is 4.47. The molecule has 1 aliphatic heterocycles. The standard InChI is InChI=1S/C14H26N2O3/c1-11(7-9-15)5-6-12(17)16-10-4-3-8-14(16,2)13(18)19/h11H,3-10,15H2,1-2H3,(H,18,19). The highest BCUT2D eigenvalue weighted by atomic mass is 16.4. The van der Waals surface area contributed by atoms with Crippen molar-refractivity contribution in [3.8, 4) is 0 Å². The molecular weight excluding hydrogens is 244 g/mol. The lowest BCUT2D eigenvalue weighted by Crippen LogP contribution is -2.57. The van der Waals surface area contributed by atoms with Gasteiger partial charge in [0.05, 0.1) is 0 Å². The molecule has 2 unspecified atom stereocenters. The number of hydrogen-bond acceptors (Lipinski definition) is 3. The number of rotatable bonds is 6. The molecule has 0 radical (unpaired) electrons. The monoisotopic (exact) mass is 270 g/mol. The smallest absolute Gasteiger partial charge is 0.329 e. The van der Waals surface area contributed by atoms with Gasteiger partial charge in [-0.05, 0) is 51.5 Å². The summed E-state index contributed by atoms with van der Waals surface area (Å²) >= 11 is 0. The Kier molecular flexibility index (Phi) is 5.79. The van der Waals surface area contributed by atoms with Gasteiger partial charge >= 0.3 is 5.97 Å². The lowest BCUT2D eigenvalue weighted by Gasteiger charge is -2.41. The Hall–Kier alpha value is -1.10. The SMILES string of the molecule is CC(CCN)CCC(=O)N1CCCCC1(C)C(=O)O. The van der Waals surface area contributed by atoms with Gasteiger partial charge in [0, 0.05) is 13.0 Å². The summed E-state index contributed by atoms with van der Waals surface area (Å²) in [7, 11) is 0. The summed E-state index contributed by atoms with van der Waals surface area (Å²) in [4.78, 5) is 25.2. The number of carboxylic acid groups (broad SMARTS) is 1. The first-order chi connectivity index (χ1) is 8.91. The molecule has 0 aromatic carbocycles. The highest BCUT2D eigenvalue weighted by molar-refractivity contribution is 5.87. The zero-order valence-corrected chi connectivity index (χ0v) is 12.0. The van der Waals surface area contributed by atoms with E-state index in [4.69, 9.17) is 5.73 Å². The molecule has 5 nitrogen and oxygen atoms in total. The maximum atomic E-state index is 12.3. The Morgan fingerprint density at radius 2 is 2.05 bits per heavy atom. The average Bonchev–Trinajstić information content (AvgIpc) is 2.36. The molecule has 0 aromatic heterocycles. The second-order valence-electron chi connectivity index (χ2n) is 5.80. The summed E-state index contributed by atoms with van der Waals surface area (Å²) in [6.07, 6.45) is 4.42. The summed E-state index contributed by atoms with van der Waals surface area (Å²) in [5, 5.41) is 9.37. The third kappa shape index (κ3) is 3.93. The number of hydrogen-bond donors (Lipinski definition) is 2. The summed E-state index contributed by atoms with van der Waals surface area (Å²) in [6.45, 7) is 4.93. The predicted molar refractivity (Wildman–Crippen MR) is 73.7 cm³/mol. The fourth-order valence-corrected chi connectivity index (χ4v) is 2.68. The van der Waals surface area contributed by atoms with Crippen molar-refractivity contribution >= 4 is 11.9 Å². The fourth-order valence-electron chi connectivity index (χ4n) is 2.68. The van der Waals surface area contributed by atoms with Crippen LogP contribution in [0.2, 0.25) is 0 Å². The number of likely N-dealkylation sites (tertiary alicyclic amines) is 1. The first kappa shape index (κ1) is 16.0. The van der Waals surface area contributed by atoms with Crippen LogP contribution in [0.5, 0.6) is 0 Å². The highest BCUT2D eigenvalue weighted by Gasteiger charge is 2.43. The summed E-state index contributed by atoms with van der Waals surface area (Å²) in [6, 6.07) is 0. The number of aliphatic carboxylic acids is 1. The third-order valence-electron chi connectivity index (χ3n) is 4.16. The van der Waals surface area contributed by atoms with Crippen molar-refractivity contribution in [2.24, 2.45) is 11.7 Å². The van der Waals surface area contributed by atoms with Gasteiger partial charge in [-0.25, -0.2) is 4.79 Å². The molecule has 0 bridgehead atoms. The number of nitrogens with zero attached hydrogens (tertiary/aromatic N) is 1. The first-order valence-electron chi connectivity index (χ1n) is 7.15. The van der Waals surface area contributed by atoms with Gasteiger partial charge in [0.2, 0.25) is 5.91 Å². The van der Waals surface area contributed by atoms with Crippen LogP contribution in [0.1, 0.15) is 52.4 Å². The van der Waals surface area contributed by atoms with Gasteiger partial charge in [0.25, 0.3) is 0 Å². The van der Waals surface area contributed by atoms with Crippen LogP contribution in [0, 0.1) is 5.92 Å². The van der Waals surface area contributed by atoms with Crippen molar-refractivity contribution in [3.05, 3.63) is 0 Å². The van der Waals surface area contributed by atoms with Gasteiger partial charge < -0.3 is 15.7 Å². The second kappa shape index (κ2) is 6.89. The van der Waals surface area contributed by atoms with Crippen LogP contribution in [0.4, 0.5) is 0 Å². The van der Waals surface area contributed by atoms with Crippen LogP contribution < -0.4 is 5.73 Å². The lowest BCUT2D eigenvalue weighted by atomic mass is 9.87. The Balaban J connectivity index is 2.60. The van der Waals surface area contributed by atoms with Gasteiger partial charge in [-0.1, -0.05) is 6.92 Å². The quantitative estimate of drug-likeness (QED) is 0.768. The molecule has 1 rings (SSSR count). The van der Waals surface area contributed by atoms with Crippen LogP contribution in [-0.4, -0.2) is 40.5 Å². The Morgan fingerprint density at radius 1 is 1.37 bits per heavy atom. The molecule has 1 heterocycles. The molecule has 0 spiro atoms. The maximum Gasteiger partial charge on any atom is 0.329 e. The molecule has 19 heavy (non-hydrogen) atoms. The van der Waals surface area contributed by atoms with E-state index in [1.165, 1.54) is 0 Å². The minimum Gasteiger partial charge on any atom is -0.480 e. The van der Waals surface area contributed by atoms with Gasteiger partial charge in [-0.15, -0.1) is 0 Å². The summed E-state index contributed by atoms with van der Waals surface area (Å²) in [5.74, 6) is -0.515. The minimum absolute atomic E-state index is 0.0338. The lowest BCUT2D eigenvalue weighted by molar-refractivity contribution is -0.161. The van der Waals surface area contributed by atoms with Gasteiger partial charge in [0.15, 0.2) is 0 Å².